The van der Waals surface area contributed by atoms with Crippen molar-refractivity contribution in [2.75, 3.05) is 6.61 Å². The lowest BCUT2D eigenvalue weighted by molar-refractivity contribution is 0.0206. The van der Waals surface area contributed by atoms with Crippen LogP contribution in [0.5, 0.6) is 5.75 Å². The fourth-order valence-electron chi connectivity index (χ4n) is 2.40. The monoisotopic (exact) mass is 349 g/mol. The van der Waals surface area contributed by atoms with Crippen LogP contribution in [0, 0.1) is 0 Å². The third-order valence-electron chi connectivity index (χ3n) is 3.70. The molecule has 1 N–H and O–H groups in total. The van der Waals surface area contributed by atoms with E-state index in [2.05, 4.69) is 5.32 Å². The van der Waals surface area contributed by atoms with Crippen molar-refractivity contribution in [3.05, 3.63) is 29.8 Å². The number of benzene rings is 1. The van der Waals surface area contributed by atoms with Crippen LogP contribution in [-0.2, 0) is 9.47 Å². The first kappa shape index (κ1) is 19.1. The Labute approximate surface area is 148 Å². The molecule has 1 aromatic carbocycles. The number of alkyl carbamates (subject to hydrolysis) is 1. The molecule has 138 valence electrons. The van der Waals surface area contributed by atoms with Crippen LogP contribution in [0.1, 0.15) is 58.4 Å². The van der Waals surface area contributed by atoms with Gasteiger partial charge < -0.3 is 19.5 Å². The van der Waals surface area contributed by atoms with Crippen molar-refractivity contribution >= 4 is 12.2 Å². The molecule has 0 bridgehead atoms. The van der Waals surface area contributed by atoms with Gasteiger partial charge in [0.05, 0.1) is 6.61 Å². The summed E-state index contributed by atoms with van der Waals surface area (Å²) in [6.45, 7) is 7.84. The molecule has 1 saturated carbocycles. The van der Waals surface area contributed by atoms with Crippen molar-refractivity contribution in [3.63, 3.8) is 0 Å². The highest BCUT2D eigenvalue weighted by Crippen LogP contribution is 2.41. The lowest BCUT2D eigenvalue weighted by Crippen LogP contribution is -2.27. The zero-order valence-corrected chi connectivity index (χ0v) is 15.3. The van der Waals surface area contributed by atoms with E-state index in [-0.39, 0.29) is 18.1 Å². The Morgan fingerprint density at radius 1 is 1.28 bits per heavy atom. The maximum atomic E-state index is 11.7. The van der Waals surface area contributed by atoms with E-state index in [1.165, 1.54) is 0 Å². The van der Waals surface area contributed by atoms with Crippen LogP contribution in [0.2, 0.25) is 0 Å². The Hall–Kier alpha value is -2.24. The van der Waals surface area contributed by atoms with Gasteiger partial charge in [-0.25, -0.2) is 9.59 Å². The summed E-state index contributed by atoms with van der Waals surface area (Å²) in [7, 11) is 0. The molecular formula is C19H27NO5. The number of ether oxygens (including phenoxy) is 3. The third kappa shape index (κ3) is 6.64. The number of carbonyl (C=O) groups is 2. The van der Waals surface area contributed by atoms with E-state index in [0.29, 0.717) is 12.4 Å². The zero-order chi connectivity index (χ0) is 18.4. The van der Waals surface area contributed by atoms with Gasteiger partial charge in [0.1, 0.15) is 11.4 Å². The van der Waals surface area contributed by atoms with Gasteiger partial charge in [-0.1, -0.05) is 25.5 Å². The Morgan fingerprint density at radius 3 is 2.72 bits per heavy atom. The van der Waals surface area contributed by atoms with Gasteiger partial charge in [-0.3, -0.25) is 0 Å². The molecule has 1 fully saturated rings. The summed E-state index contributed by atoms with van der Waals surface area (Å²) in [5.41, 5.74) is 0.415. The Morgan fingerprint density at radius 2 is 2.04 bits per heavy atom. The van der Waals surface area contributed by atoms with Crippen molar-refractivity contribution in [1.82, 2.24) is 5.32 Å². The summed E-state index contributed by atoms with van der Waals surface area (Å²) < 4.78 is 15.5. The maximum absolute atomic E-state index is 11.7. The van der Waals surface area contributed by atoms with Gasteiger partial charge in [0.15, 0.2) is 0 Å². The van der Waals surface area contributed by atoms with Crippen LogP contribution in [0.4, 0.5) is 9.59 Å². The molecule has 6 heteroatoms. The van der Waals surface area contributed by atoms with E-state index < -0.39 is 11.8 Å². The van der Waals surface area contributed by atoms with Gasteiger partial charge in [-0.2, -0.15) is 0 Å². The number of hydrogen-bond acceptors (Lipinski definition) is 5. The van der Waals surface area contributed by atoms with Gasteiger partial charge in [-0.05, 0) is 51.3 Å². The zero-order valence-electron chi connectivity index (χ0n) is 15.3. The quantitative estimate of drug-likeness (QED) is 0.468. The highest BCUT2D eigenvalue weighted by atomic mass is 16.7. The fourth-order valence-corrected chi connectivity index (χ4v) is 2.40. The van der Waals surface area contributed by atoms with Crippen LogP contribution in [-0.4, -0.2) is 30.5 Å². The van der Waals surface area contributed by atoms with E-state index in [0.717, 1.165) is 24.8 Å². The second-order valence-corrected chi connectivity index (χ2v) is 7.22. The molecule has 0 heterocycles. The number of unbranched alkanes of at least 4 members (excludes halogenated alkanes) is 1. The number of amides is 1. The summed E-state index contributed by atoms with van der Waals surface area (Å²) in [4.78, 5) is 23.4. The lowest BCUT2D eigenvalue weighted by Gasteiger charge is -2.18. The molecule has 0 radical (unpaired) electrons. The van der Waals surface area contributed by atoms with Gasteiger partial charge in [-0.15, -0.1) is 0 Å². The van der Waals surface area contributed by atoms with Crippen molar-refractivity contribution in [3.8, 4) is 5.75 Å². The first-order valence-corrected chi connectivity index (χ1v) is 8.72. The van der Waals surface area contributed by atoms with Crippen molar-refractivity contribution in [1.29, 1.82) is 0 Å². The second-order valence-electron chi connectivity index (χ2n) is 7.22. The second kappa shape index (κ2) is 8.23. The molecule has 1 aliphatic rings. The van der Waals surface area contributed by atoms with Gasteiger partial charge in [0.25, 0.3) is 0 Å². The molecule has 25 heavy (non-hydrogen) atoms. The molecule has 0 aromatic heterocycles. The molecular weight excluding hydrogens is 322 g/mol. The van der Waals surface area contributed by atoms with Crippen molar-refractivity contribution < 1.29 is 23.8 Å². The summed E-state index contributed by atoms with van der Waals surface area (Å²) in [6.07, 6.45) is 1.60. The minimum absolute atomic E-state index is 0.0610. The highest BCUT2D eigenvalue weighted by Gasteiger charge is 2.40. The molecule has 0 saturated heterocycles. The molecule has 0 spiro atoms. The third-order valence-corrected chi connectivity index (χ3v) is 3.70. The SMILES string of the molecule is CCCCOC(=O)NC1CC1c1cccc(OC(=O)OC(C)(C)C)c1. The molecule has 2 unspecified atom stereocenters. The molecule has 2 rings (SSSR count). The van der Waals surface area contributed by atoms with Crippen LogP contribution in [0.25, 0.3) is 0 Å². The number of hydrogen-bond donors (Lipinski definition) is 1. The normalized spacial score (nSPS) is 19.0. The van der Waals surface area contributed by atoms with Crippen LogP contribution in [0.15, 0.2) is 24.3 Å². The maximum Gasteiger partial charge on any atom is 0.514 e. The fraction of sp³-hybridized carbons (Fsp3) is 0.579. The van der Waals surface area contributed by atoms with E-state index in [1.54, 1.807) is 32.9 Å². The van der Waals surface area contributed by atoms with Gasteiger partial charge in [0, 0.05) is 12.0 Å². The predicted octanol–water partition coefficient (Wildman–Crippen LogP) is 4.38. The smallest absolute Gasteiger partial charge is 0.450 e. The number of nitrogens with one attached hydrogen (secondary N) is 1. The molecule has 6 nitrogen and oxygen atoms in total. The van der Waals surface area contributed by atoms with Crippen LogP contribution >= 0.6 is 0 Å². The molecule has 1 aliphatic carbocycles. The van der Waals surface area contributed by atoms with Gasteiger partial charge >= 0.3 is 12.2 Å². The average molecular weight is 349 g/mol. The first-order chi connectivity index (χ1) is 11.8. The van der Waals surface area contributed by atoms with Crippen molar-refractivity contribution in [2.45, 2.75) is 64.5 Å². The summed E-state index contributed by atoms with van der Waals surface area (Å²) in [5, 5.41) is 2.86. The van der Waals surface area contributed by atoms with E-state index in [9.17, 15) is 9.59 Å². The average Bonchev–Trinajstić information content (AvgIpc) is 3.25. The molecule has 1 amide bonds. The van der Waals surface area contributed by atoms with E-state index in [1.807, 2.05) is 19.1 Å². The molecule has 2 atom stereocenters. The molecule has 1 aromatic rings. The van der Waals surface area contributed by atoms with Gasteiger partial charge in [0.2, 0.25) is 0 Å². The van der Waals surface area contributed by atoms with E-state index in [4.69, 9.17) is 14.2 Å². The standard InChI is InChI=1S/C19H27NO5/c1-5-6-10-23-17(21)20-16-12-15(16)13-8-7-9-14(11-13)24-18(22)25-19(2,3)4/h7-9,11,15-16H,5-6,10,12H2,1-4H3,(H,20,21). The Balaban J connectivity index is 1.84. The highest BCUT2D eigenvalue weighted by molar-refractivity contribution is 5.68. The summed E-state index contributed by atoms with van der Waals surface area (Å²) >= 11 is 0. The minimum Gasteiger partial charge on any atom is -0.450 e. The van der Waals surface area contributed by atoms with Crippen LogP contribution in [0.3, 0.4) is 0 Å². The Kier molecular flexibility index (Phi) is 6.28. The topological polar surface area (TPSA) is 73.9 Å². The Bertz CT molecular complexity index is 608. The minimum atomic E-state index is -0.727. The van der Waals surface area contributed by atoms with Crippen LogP contribution < -0.4 is 10.1 Å². The largest absolute Gasteiger partial charge is 0.514 e. The summed E-state index contributed by atoms with van der Waals surface area (Å²) in [5.74, 6) is 0.642. The number of rotatable bonds is 6. The number of carbonyl (C=O) groups excluding carboxylic acids is 2. The van der Waals surface area contributed by atoms with E-state index >= 15 is 0 Å². The first-order valence-electron chi connectivity index (χ1n) is 8.72. The predicted molar refractivity (Wildman–Crippen MR) is 93.8 cm³/mol. The molecule has 0 aliphatic heterocycles. The van der Waals surface area contributed by atoms with Crippen molar-refractivity contribution in [2.24, 2.45) is 0 Å². The summed E-state index contributed by atoms with van der Waals surface area (Å²) in [6, 6.07) is 7.35. The lowest BCUT2D eigenvalue weighted by atomic mass is 10.1.